The first-order valence-electron chi connectivity index (χ1n) is 7.04. The van der Waals surface area contributed by atoms with Crippen molar-refractivity contribution in [2.45, 2.75) is 12.5 Å². The largest absolute Gasteiger partial charge is 0.496 e. The van der Waals surface area contributed by atoms with Crippen LogP contribution in [0.2, 0.25) is 0 Å². The van der Waals surface area contributed by atoms with Crippen LogP contribution in [0.5, 0.6) is 11.5 Å². The van der Waals surface area contributed by atoms with Gasteiger partial charge in [-0.1, -0.05) is 24.3 Å². The number of amides is 1. The molecule has 1 N–H and O–H groups in total. The number of benzene rings is 2. The van der Waals surface area contributed by atoms with Gasteiger partial charge in [-0.05, 0) is 18.2 Å². The zero-order valence-electron chi connectivity index (χ0n) is 12.1. The second-order valence-electron chi connectivity index (χ2n) is 5.08. The SMILES string of the molecule is COc1ccccc1C(=O)NC[C@H]1Cc2cccc(F)c2O1. The second-order valence-corrected chi connectivity index (χ2v) is 5.08. The number of halogens is 1. The number of methoxy groups -OCH3 is 1. The molecule has 22 heavy (non-hydrogen) atoms. The lowest BCUT2D eigenvalue weighted by Gasteiger charge is -2.13. The maximum atomic E-state index is 13.6. The Morgan fingerprint density at radius 3 is 2.91 bits per heavy atom. The molecule has 4 nitrogen and oxygen atoms in total. The normalized spacial score (nSPS) is 15.8. The van der Waals surface area contributed by atoms with Crippen molar-refractivity contribution in [3.05, 3.63) is 59.4 Å². The smallest absolute Gasteiger partial charge is 0.255 e. The van der Waals surface area contributed by atoms with Crippen molar-refractivity contribution < 1.29 is 18.7 Å². The first-order chi connectivity index (χ1) is 10.7. The van der Waals surface area contributed by atoms with E-state index >= 15 is 0 Å². The Labute approximate surface area is 127 Å². The molecule has 0 bridgehead atoms. The van der Waals surface area contributed by atoms with Crippen molar-refractivity contribution in [1.82, 2.24) is 5.32 Å². The van der Waals surface area contributed by atoms with E-state index in [1.165, 1.54) is 13.2 Å². The fraction of sp³-hybridized carbons (Fsp3) is 0.235. The van der Waals surface area contributed by atoms with Crippen LogP contribution >= 0.6 is 0 Å². The van der Waals surface area contributed by atoms with Gasteiger partial charge in [0.15, 0.2) is 11.6 Å². The van der Waals surface area contributed by atoms with E-state index in [9.17, 15) is 9.18 Å². The minimum absolute atomic E-state index is 0.238. The lowest BCUT2D eigenvalue weighted by Crippen LogP contribution is -2.34. The first-order valence-corrected chi connectivity index (χ1v) is 7.04. The molecule has 0 aromatic heterocycles. The Hall–Kier alpha value is -2.56. The van der Waals surface area contributed by atoms with Crippen LogP contribution < -0.4 is 14.8 Å². The third-order valence-electron chi connectivity index (χ3n) is 3.62. The maximum Gasteiger partial charge on any atom is 0.255 e. The number of hydrogen-bond acceptors (Lipinski definition) is 3. The van der Waals surface area contributed by atoms with Crippen LogP contribution in [0.25, 0.3) is 0 Å². The Morgan fingerprint density at radius 1 is 1.32 bits per heavy atom. The van der Waals surface area contributed by atoms with Crippen LogP contribution in [-0.2, 0) is 6.42 Å². The van der Waals surface area contributed by atoms with Crippen molar-refractivity contribution in [2.75, 3.05) is 13.7 Å². The molecular formula is C17H16FNO3. The van der Waals surface area contributed by atoms with Gasteiger partial charge in [-0.2, -0.15) is 0 Å². The van der Waals surface area contributed by atoms with E-state index in [1.54, 1.807) is 30.3 Å². The third kappa shape index (κ3) is 2.74. The number of para-hydroxylation sites is 2. The summed E-state index contributed by atoms with van der Waals surface area (Å²) in [5, 5.41) is 2.80. The highest BCUT2D eigenvalue weighted by molar-refractivity contribution is 5.96. The molecule has 0 fully saturated rings. The fourth-order valence-corrected chi connectivity index (χ4v) is 2.55. The van der Waals surface area contributed by atoms with E-state index in [4.69, 9.17) is 9.47 Å². The Morgan fingerprint density at radius 2 is 2.14 bits per heavy atom. The summed E-state index contributed by atoms with van der Waals surface area (Å²) in [6, 6.07) is 11.9. The summed E-state index contributed by atoms with van der Waals surface area (Å²) < 4.78 is 24.3. The van der Waals surface area contributed by atoms with Crippen LogP contribution in [0.4, 0.5) is 4.39 Å². The molecule has 0 saturated heterocycles. The molecule has 0 unspecified atom stereocenters. The van der Waals surface area contributed by atoms with E-state index < -0.39 is 0 Å². The molecule has 1 amide bonds. The van der Waals surface area contributed by atoms with Gasteiger partial charge in [0, 0.05) is 12.0 Å². The minimum atomic E-state index is -0.365. The molecule has 2 aromatic carbocycles. The number of fused-ring (bicyclic) bond motifs is 1. The number of hydrogen-bond donors (Lipinski definition) is 1. The fourth-order valence-electron chi connectivity index (χ4n) is 2.55. The van der Waals surface area contributed by atoms with Crippen molar-refractivity contribution in [2.24, 2.45) is 0 Å². The highest BCUT2D eigenvalue weighted by Crippen LogP contribution is 2.31. The summed E-state index contributed by atoms with van der Waals surface area (Å²) in [4.78, 5) is 12.2. The van der Waals surface area contributed by atoms with Crippen LogP contribution in [0, 0.1) is 5.82 Å². The quantitative estimate of drug-likeness (QED) is 0.944. The summed E-state index contributed by atoms with van der Waals surface area (Å²) in [6.07, 6.45) is 0.324. The van der Waals surface area contributed by atoms with Crippen molar-refractivity contribution in [3.63, 3.8) is 0 Å². The van der Waals surface area contributed by atoms with Gasteiger partial charge in [-0.25, -0.2) is 4.39 Å². The summed E-state index contributed by atoms with van der Waals surface area (Å²) in [6.45, 7) is 0.311. The summed E-state index contributed by atoms with van der Waals surface area (Å²) in [5.74, 6) is 0.203. The Kier molecular flexibility index (Phi) is 3.96. The van der Waals surface area contributed by atoms with E-state index in [2.05, 4.69) is 5.32 Å². The molecule has 1 aliphatic heterocycles. The number of carbonyl (C=O) groups is 1. The summed E-state index contributed by atoms with van der Waals surface area (Å²) in [7, 11) is 1.52. The van der Waals surface area contributed by atoms with Gasteiger partial charge in [0.05, 0.1) is 19.2 Å². The molecular weight excluding hydrogens is 285 g/mol. The van der Waals surface area contributed by atoms with Crippen molar-refractivity contribution in [1.29, 1.82) is 0 Å². The van der Waals surface area contributed by atoms with Gasteiger partial charge in [0.25, 0.3) is 5.91 Å². The Balaban J connectivity index is 1.62. The predicted molar refractivity (Wildman–Crippen MR) is 79.8 cm³/mol. The lowest BCUT2D eigenvalue weighted by atomic mass is 10.1. The van der Waals surface area contributed by atoms with Gasteiger partial charge < -0.3 is 14.8 Å². The average molecular weight is 301 g/mol. The number of nitrogens with one attached hydrogen (secondary N) is 1. The maximum absolute atomic E-state index is 13.6. The molecule has 1 atom stereocenters. The zero-order chi connectivity index (χ0) is 15.5. The van der Waals surface area contributed by atoms with Crippen LogP contribution in [-0.4, -0.2) is 25.7 Å². The minimum Gasteiger partial charge on any atom is -0.496 e. The molecule has 2 aromatic rings. The first kappa shape index (κ1) is 14.4. The average Bonchev–Trinajstić information content (AvgIpc) is 2.97. The van der Waals surface area contributed by atoms with E-state index in [0.717, 1.165) is 5.56 Å². The molecule has 0 spiro atoms. The van der Waals surface area contributed by atoms with Crippen molar-refractivity contribution in [3.8, 4) is 11.5 Å². The van der Waals surface area contributed by atoms with Gasteiger partial charge in [0.2, 0.25) is 0 Å². The van der Waals surface area contributed by atoms with Gasteiger partial charge in [-0.3, -0.25) is 4.79 Å². The Bertz CT molecular complexity index is 702. The van der Waals surface area contributed by atoms with Crippen LogP contribution in [0.1, 0.15) is 15.9 Å². The summed E-state index contributed by atoms with van der Waals surface area (Å²) in [5.41, 5.74) is 1.29. The molecule has 1 heterocycles. The highest BCUT2D eigenvalue weighted by Gasteiger charge is 2.26. The monoisotopic (exact) mass is 301 g/mol. The van der Waals surface area contributed by atoms with Gasteiger partial charge in [0.1, 0.15) is 11.9 Å². The number of ether oxygens (including phenoxy) is 2. The molecule has 0 saturated carbocycles. The molecule has 0 radical (unpaired) electrons. The highest BCUT2D eigenvalue weighted by atomic mass is 19.1. The van der Waals surface area contributed by atoms with E-state index in [1.807, 2.05) is 6.07 Å². The molecule has 3 rings (SSSR count). The van der Waals surface area contributed by atoms with Gasteiger partial charge >= 0.3 is 0 Å². The van der Waals surface area contributed by atoms with Crippen molar-refractivity contribution >= 4 is 5.91 Å². The molecule has 0 aliphatic carbocycles. The molecule has 114 valence electrons. The number of rotatable bonds is 4. The van der Waals surface area contributed by atoms with E-state index in [-0.39, 0.29) is 17.8 Å². The van der Waals surface area contributed by atoms with E-state index in [0.29, 0.717) is 30.0 Å². The van der Waals surface area contributed by atoms with Crippen LogP contribution in [0.15, 0.2) is 42.5 Å². The number of carbonyl (C=O) groups excluding carboxylic acids is 1. The zero-order valence-corrected chi connectivity index (χ0v) is 12.1. The predicted octanol–water partition coefficient (Wildman–Crippen LogP) is 2.57. The second kappa shape index (κ2) is 6.05. The third-order valence-corrected chi connectivity index (χ3v) is 3.62. The van der Waals surface area contributed by atoms with Crippen LogP contribution in [0.3, 0.4) is 0 Å². The molecule has 5 heteroatoms. The van der Waals surface area contributed by atoms with Gasteiger partial charge in [-0.15, -0.1) is 0 Å². The molecule has 1 aliphatic rings. The summed E-state index contributed by atoms with van der Waals surface area (Å²) >= 11 is 0. The standard InChI is InChI=1S/C17H16FNO3/c1-21-15-8-3-2-6-13(15)17(20)19-10-12-9-11-5-4-7-14(18)16(11)22-12/h2-8,12H,9-10H2,1H3,(H,19,20)/t12-/m1/s1. The topological polar surface area (TPSA) is 47.6 Å². The lowest BCUT2D eigenvalue weighted by molar-refractivity contribution is 0.0930.